The first-order valence-electron chi connectivity index (χ1n) is 12.1. The van der Waals surface area contributed by atoms with Gasteiger partial charge in [-0.05, 0) is 56.1 Å². The second-order valence-electron chi connectivity index (χ2n) is 9.59. The van der Waals surface area contributed by atoms with Crippen molar-refractivity contribution < 1.29 is 0 Å². The summed E-state index contributed by atoms with van der Waals surface area (Å²) < 4.78 is 2.36. The second-order valence-corrected chi connectivity index (χ2v) is 9.59. The Kier molecular flexibility index (Phi) is 3.11. The molecule has 0 unspecified atom stereocenters. The number of benzene rings is 6. The summed E-state index contributed by atoms with van der Waals surface area (Å²) in [5.41, 5.74) is 7.26. The summed E-state index contributed by atoms with van der Waals surface area (Å²) in [5.74, 6) is 1.01. The van der Waals surface area contributed by atoms with Gasteiger partial charge in [-0.15, -0.1) is 0 Å². The van der Waals surface area contributed by atoms with Crippen molar-refractivity contribution >= 4 is 66.8 Å². The number of aromatic nitrogens is 2. The van der Waals surface area contributed by atoms with E-state index in [4.69, 9.17) is 4.98 Å². The Morgan fingerprint density at radius 2 is 1.20 bits per heavy atom. The van der Waals surface area contributed by atoms with Gasteiger partial charge in [0, 0.05) is 10.9 Å². The summed E-state index contributed by atoms with van der Waals surface area (Å²) in [5, 5.41) is 7.97. The standard InChI is InChI=1S/C31H18BN3/c1-2-10-20-19(9-1)21-12-7-15-25-29(21)30-22(20)13-8-18-28(30)35-32(25)24-14-4-3-11-23(24)31-33-26-16-5-6-17-27(26)34(31)35/h1-18H. The molecule has 9 rings (SSSR count). The zero-order valence-corrected chi connectivity index (χ0v) is 18.8. The molecule has 3 nitrogen and oxygen atoms in total. The topological polar surface area (TPSA) is 21.1 Å². The van der Waals surface area contributed by atoms with Crippen molar-refractivity contribution in [1.82, 2.24) is 9.66 Å². The van der Waals surface area contributed by atoms with Crippen molar-refractivity contribution in [3.63, 3.8) is 0 Å². The Hall–Kier alpha value is -4.57. The van der Waals surface area contributed by atoms with Gasteiger partial charge in [0.15, 0.2) is 5.82 Å². The summed E-state index contributed by atoms with van der Waals surface area (Å²) in [6.45, 7) is 0.0688. The highest BCUT2D eigenvalue weighted by Crippen LogP contribution is 2.44. The van der Waals surface area contributed by atoms with E-state index in [1.54, 1.807) is 0 Å². The fourth-order valence-corrected chi connectivity index (χ4v) is 6.61. The highest BCUT2D eigenvalue weighted by Gasteiger charge is 2.43. The van der Waals surface area contributed by atoms with E-state index in [0.717, 1.165) is 16.9 Å². The largest absolute Gasteiger partial charge is 0.348 e. The molecule has 4 heteroatoms. The molecular weight excluding hydrogens is 425 g/mol. The molecule has 3 heterocycles. The van der Waals surface area contributed by atoms with Gasteiger partial charge in [-0.1, -0.05) is 91.0 Å². The van der Waals surface area contributed by atoms with Crippen LogP contribution in [-0.4, -0.2) is 16.5 Å². The maximum Gasteiger partial charge on any atom is 0.348 e. The Labute approximate surface area is 201 Å². The van der Waals surface area contributed by atoms with Crippen LogP contribution in [-0.2, 0) is 0 Å². The highest BCUT2D eigenvalue weighted by molar-refractivity contribution is 6.92. The van der Waals surface area contributed by atoms with Crippen LogP contribution in [0, 0.1) is 0 Å². The quantitative estimate of drug-likeness (QED) is 0.216. The van der Waals surface area contributed by atoms with Crippen LogP contribution >= 0.6 is 0 Å². The van der Waals surface area contributed by atoms with Crippen molar-refractivity contribution in [3.8, 4) is 11.4 Å². The van der Waals surface area contributed by atoms with Gasteiger partial charge in [-0.3, -0.25) is 0 Å². The molecule has 0 saturated heterocycles. The number of hydrogen-bond acceptors (Lipinski definition) is 2. The lowest BCUT2D eigenvalue weighted by atomic mass is 9.45. The van der Waals surface area contributed by atoms with E-state index < -0.39 is 0 Å². The predicted molar refractivity (Wildman–Crippen MR) is 147 cm³/mol. The zero-order chi connectivity index (χ0) is 22.7. The highest BCUT2D eigenvalue weighted by atomic mass is 15.5. The fourth-order valence-electron chi connectivity index (χ4n) is 6.61. The molecule has 0 bridgehead atoms. The normalized spacial score (nSPS) is 13.6. The molecule has 6 aromatic carbocycles. The molecule has 0 radical (unpaired) electrons. The van der Waals surface area contributed by atoms with Crippen LogP contribution in [0.3, 0.4) is 0 Å². The average molecular weight is 443 g/mol. The first kappa shape index (κ1) is 17.9. The average Bonchev–Trinajstić information content (AvgIpc) is 3.32. The predicted octanol–water partition coefficient (Wildman–Crippen LogP) is 5.87. The molecule has 7 aromatic rings. The SMILES string of the molecule is c1ccc2c(c1)B1c3cccc4c5ccccc5c5cccc(c5c34)N1n1c-2nc2ccccc21. The number of anilines is 1. The van der Waals surface area contributed by atoms with Gasteiger partial charge in [-0.2, -0.15) is 0 Å². The van der Waals surface area contributed by atoms with Gasteiger partial charge in [0.2, 0.25) is 0 Å². The van der Waals surface area contributed by atoms with E-state index in [1.165, 1.54) is 54.5 Å². The van der Waals surface area contributed by atoms with Gasteiger partial charge in [-0.25, -0.2) is 9.66 Å². The minimum Gasteiger partial charge on any atom is -0.312 e. The maximum atomic E-state index is 5.13. The maximum absolute atomic E-state index is 5.13. The first-order valence-corrected chi connectivity index (χ1v) is 12.1. The van der Waals surface area contributed by atoms with Crippen LogP contribution < -0.4 is 15.8 Å². The third-order valence-corrected chi connectivity index (χ3v) is 7.93. The number of hydrogen-bond donors (Lipinski definition) is 0. The molecule has 2 aliphatic rings. The lowest BCUT2D eigenvalue weighted by Crippen LogP contribution is -2.63. The summed E-state index contributed by atoms with van der Waals surface area (Å²) >= 11 is 0. The number of imidazole rings is 1. The van der Waals surface area contributed by atoms with E-state index >= 15 is 0 Å². The van der Waals surface area contributed by atoms with E-state index in [9.17, 15) is 0 Å². The zero-order valence-electron chi connectivity index (χ0n) is 18.8. The van der Waals surface area contributed by atoms with Crippen LogP contribution in [0.5, 0.6) is 0 Å². The smallest absolute Gasteiger partial charge is 0.312 e. The molecule has 0 aliphatic carbocycles. The fraction of sp³-hybridized carbons (Fsp3) is 0. The van der Waals surface area contributed by atoms with E-state index in [-0.39, 0.29) is 6.85 Å². The minimum absolute atomic E-state index is 0.0688. The van der Waals surface area contributed by atoms with Crippen LogP contribution in [0.4, 0.5) is 5.69 Å². The Morgan fingerprint density at radius 1 is 0.543 bits per heavy atom. The Balaban J connectivity index is 1.56. The van der Waals surface area contributed by atoms with Crippen LogP contribution in [0.25, 0.3) is 54.7 Å². The molecule has 0 spiro atoms. The molecular formula is C31H18BN3. The molecule has 35 heavy (non-hydrogen) atoms. The van der Waals surface area contributed by atoms with Crippen molar-refractivity contribution in [2.24, 2.45) is 0 Å². The van der Waals surface area contributed by atoms with Crippen molar-refractivity contribution in [2.75, 3.05) is 4.92 Å². The van der Waals surface area contributed by atoms with Crippen LogP contribution in [0.15, 0.2) is 109 Å². The summed E-state index contributed by atoms with van der Waals surface area (Å²) in [6, 6.07) is 39.7. The molecule has 0 atom stereocenters. The van der Waals surface area contributed by atoms with Crippen molar-refractivity contribution in [3.05, 3.63) is 109 Å². The number of rotatable bonds is 0. The number of para-hydroxylation sites is 2. The molecule has 160 valence electrons. The number of fused-ring (bicyclic) bond motifs is 13. The minimum atomic E-state index is 0.0688. The molecule has 1 aromatic heterocycles. The van der Waals surface area contributed by atoms with Gasteiger partial charge >= 0.3 is 6.85 Å². The lowest BCUT2D eigenvalue weighted by Gasteiger charge is -2.42. The Bertz CT molecular complexity index is 2040. The van der Waals surface area contributed by atoms with Crippen molar-refractivity contribution in [1.29, 1.82) is 0 Å². The first-order chi connectivity index (χ1) is 17.4. The third kappa shape index (κ3) is 2.03. The van der Waals surface area contributed by atoms with E-state index in [1.807, 2.05) is 0 Å². The Morgan fingerprint density at radius 3 is 2.09 bits per heavy atom. The van der Waals surface area contributed by atoms with Crippen molar-refractivity contribution in [2.45, 2.75) is 0 Å². The van der Waals surface area contributed by atoms with E-state index in [2.05, 4.69) is 119 Å². The summed E-state index contributed by atoms with van der Waals surface area (Å²) in [7, 11) is 0. The summed E-state index contributed by atoms with van der Waals surface area (Å²) in [6.07, 6.45) is 0. The van der Waals surface area contributed by atoms with Crippen LogP contribution in [0.2, 0.25) is 0 Å². The van der Waals surface area contributed by atoms with Gasteiger partial charge in [0.05, 0.1) is 16.7 Å². The van der Waals surface area contributed by atoms with E-state index in [0.29, 0.717) is 0 Å². The number of nitrogens with zero attached hydrogens (tertiary/aromatic N) is 3. The lowest BCUT2D eigenvalue weighted by molar-refractivity contribution is 0.889. The second kappa shape index (κ2) is 6.11. The molecule has 0 fully saturated rings. The van der Waals surface area contributed by atoms with Gasteiger partial charge < -0.3 is 4.92 Å². The molecule has 0 saturated carbocycles. The third-order valence-electron chi connectivity index (χ3n) is 7.93. The summed E-state index contributed by atoms with van der Waals surface area (Å²) in [4.78, 5) is 7.62. The molecule has 2 aliphatic heterocycles. The molecule has 0 amide bonds. The monoisotopic (exact) mass is 443 g/mol. The van der Waals surface area contributed by atoms with Gasteiger partial charge in [0.1, 0.15) is 0 Å². The van der Waals surface area contributed by atoms with Gasteiger partial charge in [0.25, 0.3) is 0 Å². The molecule has 0 N–H and O–H groups in total. The van der Waals surface area contributed by atoms with Crippen LogP contribution in [0.1, 0.15) is 0 Å².